The summed E-state index contributed by atoms with van der Waals surface area (Å²) in [6.07, 6.45) is 3.08. The highest BCUT2D eigenvalue weighted by molar-refractivity contribution is 5.88. The van der Waals surface area contributed by atoms with Crippen molar-refractivity contribution in [3.8, 4) is 6.07 Å². The first-order valence-corrected chi connectivity index (χ1v) is 10.3. The monoisotopic (exact) mass is 388 g/mol. The largest absolute Gasteiger partial charge is 0.356 e. The molecule has 0 unspecified atom stereocenters. The third-order valence-electron chi connectivity index (χ3n) is 6.59. The number of aryl methyl sites for hydroxylation is 1. The van der Waals surface area contributed by atoms with Crippen molar-refractivity contribution in [2.75, 3.05) is 18.0 Å². The number of nitriles is 1. The summed E-state index contributed by atoms with van der Waals surface area (Å²) >= 11 is 0. The van der Waals surface area contributed by atoms with Crippen molar-refractivity contribution in [2.45, 2.75) is 50.5 Å². The van der Waals surface area contributed by atoms with Gasteiger partial charge in [0.2, 0.25) is 0 Å². The van der Waals surface area contributed by atoms with Gasteiger partial charge in [-0.2, -0.15) is 5.26 Å². The molecule has 0 aliphatic carbocycles. The highest BCUT2D eigenvalue weighted by Crippen LogP contribution is 2.47. The van der Waals surface area contributed by atoms with Crippen LogP contribution in [0.2, 0.25) is 0 Å². The maximum Gasteiger partial charge on any atom is 0.257 e. The predicted octanol–water partition coefficient (Wildman–Crippen LogP) is 3.32. The van der Waals surface area contributed by atoms with Gasteiger partial charge in [-0.3, -0.25) is 4.79 Å². The van der Waals surface area contributed by atoms with Gasteiger partial charge in [-0.05, 0) is 37.5 Å². The number of carbonyl (C=O) groups is 1. The normalized spacial score (nSPS) is 25.3. The number of rotatable bonds is 2. The van der Waals surface area contributed by atoms with Gasteiger partial charge in [0.1, 0.15) is 18.1 Å². The Balaban J connectivity index is 1.32. The van der Waals surface area contributed by atoms with E-state index < -0.39 is 5.60 Å². The van der Waals surface area contributed by atoms with Crippen LogP contribution in [0.25, 0.3) is 0 Å². The minimum absolute atomic E-state index is 0.102. The van der Waals surface area contributed by atoms with Crippen LogP contribution in [0.1, 0.15) is 48.5 Å². The number of piperidine rings is 1. The van der Waals surface area contributed by atoms with Gasteiger partial charge >= 0.3 is 0 Å². The molecular weight excluding hydrogens is 364 g/mol. The lowest BCUT2D eigenvalue weighted by Crippen LogP contribution is -2.50. The van der Waals surface area contributed by atoms with Crippen LogP contribution >= 0.6 is 0 Å². The van der Waals surface area contributed by atoms with Crippen LogP contribution in [0.15, 0.2) is 42.5 Å². The first-order chi connectivity index (χ1) is 14.1. The zero-order valence-electron chi connectivity index (χ0n) is 16.5. The van der Waals surface area contributed by atoms with Gasteiger partial charge in [-0.1, -0.05) is 30.3 Å². The number of aromatic nitrogens is 1. The summed E-state index contributed by atoms with van der Waals surface area (Å²) in [5, 5.41) is 9.11. The Hall–Kier alpha value is -2.91. The van der Waals surface area contributed by atoms with Crippen molar-refractivity contribution < 1.29 is 9.53 Å². The molecule has 2 atom stereocenters. The Kier molecular flexibility index (Phi) is 4.29. The maximum absolute atomic E-state index is 13.5. The molecule has 29 heavy (non-hydrogen) atoms. The highest BCUT2D eigenvalue weighted by atomic mass is 16.6. The molecule has 3 aliphatic heterocycles. The summed E-state index contributed by atoms with van der Waals surface area (Å²) in [5.74, 6) is 1.02. The number of carbonyl (C=O) groups excluding carboxylic acids is 1. The lowest BCUT2D eigenvalue weighted by molar-refractivity contribution is -0.140. The molecule has 2 aromatic rings. The molecule has 6 nitrogen and oxygen atoms in total. The molecule has 3 aliphatic rings. The van der Waals surface area contributed by atoms with E-state index in [0.717, 1.165) is 37.4 Å². The number of fused-ring (bicyclic) bond motifs is 1. The lowest BCUT2D eigenvalue weighted by Gasteiger charge is -2.38. The molecular formula is C23H24N4O2. The fourth-order valence-electron chi connectivity index (χ4n) is 4.99. The zero-order chi connectivity index (χ0) is 20.0. The Morgan fingerprint density at radius 1 is 1.14 bits per heavy atom. The molecule has 0 radical (unpaired) electrons. The standard InChI is InChI=1S/C23H24N4O2/c1-16-18(15-24)7-9-20(25-16)26-13-11-23(12-14-26)22(28)27-19(8-10-21(27)29-23)17-5-3-2-4-6-17/h2-7,9,19,21H,8,10-14H2,1H3/t19-,21+/m0/s1. The second-order valence-corrected chi connectivity index (χ2v) is 8.18. The number of hydrogen-bond donors (Lipinski definition) is 0. The van der Waals surface area contributed by atoms with E-state index in [-0.39, 0.29) is 18.2 Å². The van der Waals surface area contributed by atoms with Gasteiger partial charge in [-0.15, -0.1) is 0 Å². The summed E-state index contributed by atoms with van der Waals surface area (Å²) in [7, 11) is 0. The number of anilines is 1. The van der Waals surface area contributed by atoms with Gasteiger partial charge in [0.25, 0.3) is 5.91 Å². The van der Waals surface area contributed by atoms with Crippen LogP contribution in [0.3, 0.4) is 0 Å². The third-order valence-corrected chi connectivity index (χ3v) is 6.59. The van der Waals surface area contributed by atoms with E-state index >= 15 is 0 Å². The fourth-order valence-corrected chi connectivity index (χ4v) is 4.99. The molecule has 1 spiro atoms. The van der Waals surface area contributed by atoms with Crippen molar-refractivity contribution in [2.24, 2.45) is 0 Å². The first kappa shape index (κ1) is 18.1. The van der Waals surface area contributed by atoms with E-state index in [1.54, 1.807) is 0 Å². The topological polar surface area (TPSA) is 69.5 Å². The molecule has 1 amide bonds. The van der Waals surface area contributed by atoms with E-state index in [9.17, 15) is 4.79 Å². The Morgan fingerprint density at radius 3 is 2.59 bits per heavy atom. The summed E-state index contributed by atoms with van der Waals surface area (Å²) in [6, 6.07) is 16.3. The van der Waals surface area contributed by atoms with Crippen LogP contribution in [0, 0.1) is 18.3 Å². The molecule has 3 fully saturated rings. The van der Waals surface area contributed by atoms with Gasteiger partial charge in [0.05, 0.1) is 17.3 Å². The molecule has 1 aromatic heterocycles. The van der Waals surface area contributed by atoms with Crippen molar-refractivity contribution >= 4 is 11.7 Å². The quantitative estimate of drug-likeness (QED) is 0.789. The van der Waals surface area contributed by atoms with Crippen molar-refractivity contribution in [3.63, 3.8) is 0 Å². The van der Waals surface area contributed by atoms with Gasteiger partial charge < -0.3 is 14.5 Å². The molecule has 5 rings (SSSR count). The van der Waals surface area contributed by atoms with Gasteiger partial charge in [-0.25, -0.2) is 4.98 Å². The summed E-state index contributed by atoms with van der Waals surface area (Å²) in [4.78, 5) is 22.2. The van der Waals surface area contributed by atoms with E-state index in [0.29, 0.717) is 18.4 Å². The van der Waals surface area contributed by atoms with Crippen molar-refractivity contribution in [3.05, 3.63) is 59.3 Å². The van der Waals surface area contributed by atoms with Crippen LogP contribution < -0.4 is 4.90 Å². The smallest absolute Gasteiger partial charge is 0.257 e. The molecule has 6 heteroatoms. The summed E-state index contributed by atoms with van der Waals surface area (Å²) < 4.78 is 6.41. The maximum atomic E-state index is 13.5. The van der Waals surface area contributed by atoms with Crippen LogP contribution in [-0.2, 0) is 9.53 Å². The molecule has 0 bridgehead atoms. The van der Waals surface area contributed by atoms with E-state index in [2.05, 4.69) is 28.1 Å². The van der Waals surface area contributed by atoms with Gasteiger partial charge in [0, 0.05) is 25.9 Å². The Morgan fingerprint density at radius 2 is 1.90 bits per heavy atom. The predicted molar refractivity (Wildman–Crippen MR) is 108 cm³/mol. The Labute approximate surface area is 170 Å². The minimum Gasteiger partial charge on any atom is -0.356 e. The second-order valence-electron chi connectivity index (χ2n) is 8.18. The zero-order valence-corrected chi connectivity index (χ0v) is 16.5. The SMILES string of the molecule is Cc1nc(N2CCC3(CC2)O[C@@H]2CC[C@@H](c4ccccc4)N2C3=O)ccc1C#N. The molecule has 0 saturated carbocycles. The molecule has 3 saturated heterocycles. The van der Waals surface area contributed by atoms with E-state index in [1.807, 2.05) is 42.2 Å². The summed E-state index contributed by atoms with van der Waals surface area (Å²) in [5.41, 5.74) is 1.84. The fraction of sp³-hybridized carbons (Fsp3) is 0.435. The Bertz CT molecular complexity index is 976. The summed E-state index contributed by atoms with van der Waals surface area (Å²) in [6.45, 7) is 3.30. The average Bonchev–Trinajstić information content (AvgIpc) is 3.27. The first-order valence-electron chi connectivity index (χ1n) is 10.3. The van der Waals surface area contributed by atoms with Crippen LogP contribution in [0.5, 0.6) is 0 Å². The van der Waals surface area contributed by atoms with E-state index in [1.165, 1.54) is 5.56 Å². The third kappa shape index (κ3) is 2.89. The number of benzene rings is 1. The van der Waals surface area contributed by atoms with E-state index in [4.69, 9.17) is 10.00 Å². The van der Waals surface area contributed by atoms with Crippen LogP contribution in [-0.4, -0.2) is 40.7 Å². The number of ether oxygens (including phenoxy) is 1. The van der Waals surface area contributed by atoms with Crippen molar-refractivity contribution in [1.29, 1.82) is 5.26 Å². The second kappa shape index (κ2) is 6.85. The molecule has 4 heterocycles. The number of amides is 1. The van der Waals surface area contributed by atoms with Crippen LogP contribution in [0.4, 0.5) is 5.82 Å². The molecule has 0 N–H and O–H groups in total. The molecule has 148 valence electrons. The highest BCUT2D eigenvalue weighted by Gasteiger charge is 2.57. The molecule has 1 aromatic carbocycles. The minimum atomic E-state index is -0.698. The van der Waals surface area contributed by atoms with Crippen molar-refractivity contribution in [1.82, 2.24) is 9.88 Å². The number of nitrogens with zero attached hydrogens (tertiary/aromatic N) is 4. The number of hydrogen-bond acceptors (Lipinski definition) is 5. The average molecular weight is 388 g/mol. The lowest BCUT2D eigenvalue weighted by atomic mass is 9.89. The van der Waals surface area contributed by atoms with Gasteiger partial charge in [0.15, 0.2) is 5.60 Å². The number of pyridine rings is 1.